The second kappa shape index (κ2) is 7.21. The van der Waals surface area contributed by atoms with E-state index in [4.69, 9.17) is 15.4 Å². The zero-order valence-corrected chi connectivity index (χ0v) is 18.6. The maximum Gasteiger partial charge on any atom is 0.144 e. The molecule has 5 aromatic rings. The van der Waals surface area contributed by atoms with Crippen LogP contribution in [0.15, 0.2) is 77.3 Å². The average Bonchev–Trinajstić information content (AvgIpc) is 3.20. The van der Waals surface area contributed by atoms with Crippen LogP contribution in [0.3, 0.4) is 0 Å². The Morgan fingerprint density at radius 3 is 2.39 bits per heavy atom. The van der Waals surface area contributed by atoms with Gasteiger partial charge in [0.25, 0.3) is 0 Å². The average molecular weight is 430 g/mol. The molecular weight excluding hydrogens is 394 g/mol. The van der Waals surface area contributed by atoms with Crippen LogP contribution < -0.4 is 5.19 Å². The number of nitrogens with zero attached hydrogens (tertiary/aromatic N) is 1. The third kappa shape index (κ3) is 3.39. The standard InChI is InChI=1S/C28H27NOSi/c1-18-15-21(31(3,4)5)16-19(2)27(18)20-13-14-29-25(17-20)24-11-8-10-23-22-9-6-7-12-26(22)30-28(23)24/h6-17H,1-5H3/i1D3,2D3,15D,16D. The monoisotopic (exact) mass is 429 g/mol. The van der Waals surface area contributed by atoms with Gasteiger partial charge in [0.05, 0.1) is 16.5 Å². The molecule has 2 aromatic heterocycles. The minimum atomic E-state index is -2.78. The van der Waals surface area contributed by atoms with E-state index in [1.807, 2.05) is 62.1 Å². The van der Waals surface area contributed by atoms with Crippen LogP contribution in [0.1, 0.15) is 22.1 Å². The molecular formula is C28H27NOSi. The van der Waals surface area contributed by atoms with Gasteiger partial charge in [0, 0.05) is 30.8 Å². The lowest BCUT2D eigenvalue weighted by Gasteiger charge is -2.21. The summed E-state index contributed by atoms with van der Waals surface area (Å²) in [4.78, 5) is 4.51. The molecule has 0 unspecified atom stereocenters. The van der Waals surface area contributed by atoms with Crippen molar-refractivity contribution in [2.24, 2.45) is 0 Å². The van der Waals surface area contributed by atoms with Gasteiger partial charge in [-0.3, -0.25) is 4.98 Å². The summed E-state index contributed by atoms with van der Waals surface area (Å²) < 4.78 is 73.9. The van der Waals surface area contributed by atoms with Gasteiger partial charge in [-0.05, 0) is 60.2 Å². The maximum atomic E-state index is 8.92. The number of rotatable bonds is 3. The van der Waals surface area contributed by atoms with Crippen molar-refractivity contribution in [3.05, 3.63) is 84.0 Å². The number of para-hydroxylation sites is 2. The van der Waals surface area contributed by atoms with Crippen LogP contribution in [0.25, 0.3) is 44.3 Å². The Hall–Kier alpha value is -3.17. The predicted octanol–water partition coefficient (Wildman–Crippen LogP) is 7.48. The van der Waals surface area contributed by atoms with Gasteiger partial charge in [0.2, 0.25) is 0 Å². The van der Waals surface area contributed by atoms with Gasteiger partial charge in [-0.25, -0.2) is 0 Å². The van der Waals surface area contributed by atoms with E-state index in [1.54, 1.807) is 6.07 Å². The number of furan rings is 1. The lowest BCUT2D eigenvalue weighted by molar-refractivity contribution is 0.670. The molecule has 0 spiro atoms. The van der Waals surface area contributed by atoms with Crippen LogP contribution in [0.2, 0.25) is 19.6 Å². The molecule has 3 aromatic carbocycles. The summed E-state index contributed by atoms with van der Waals surface area (Å²) in [5, 5.41) is 2.06. The Kier molecular flexibility index (Phi) is 2.94. The highest BCUT2D eigenvalue weighted by Gasteiger charge is 2.19. The summed E-state index contributed by atoms with van der Waals surface area (Å²) in [7, 11) is -2.48. The van der Waals surface area contributed by atoms with Crippen molar-refractivity contribution in [1.82, 2.24) is 4.98 Å². The zero-order chi connectivity index (χ0) is 28.5. The molecule has 0 aliphatic carbocycles. The fourth-order valence-electron chi connectivity index (χ4n) is 3.88. The molecule has 0 atom stereocenters. The van der Waals surface area contributed by atoms with Gasteiger partial charge in [-0.15, -0.1) is 0 Å². The van der Waals surface area contributed by atoms with E-state index in [0.29, 0.717) is 22.4 Å². The molecule has 2 nitrogen and oxygen atoms in total. The Bertz CT molecular complexity index is 1700. The number of fused-ring (bicyclic) bond motifs is 3. The third-order valence-electron chi connectivity index (χ3n) is 5.48. The minimum Gasteiger partial charge on any atom is -0.455 e. The van der Waals surface area contributed by atoms with Gasteiger partial charge in [-0.1, -0.05) is 67.2 Å². The first-order valence-corrected chi connectivity index (χ1v) is 13.7. The lowest BCUT2D eigenvalue weighted by Crippen LogP contribution is -2.38. The van der Waals surface area contributed by atoms with E-state index in [-0.39, 0.29) is 39.5 Å². The highest BCUT2D eigenvalue weighted by Crippen LogP contribution is 2.36. The number of benzene rings is 3. The van der Waals surface area contributed by atoms with Crippen molar-refractivity contribution in [3.8, 4) is 22.4 Å². The maximum absolute atomic E-state index is 8.92. The van der Waals surface area contributed by atoms with Crippen molar-refractivity contribution >= 4 is 35.2 Å². The molecule has 0 radical (unpaired) electrons. The zero-order valence-electron chi connectivity index (χ0n) is 25.6. The fourth-order valence-corrected chi connectivity index (χ4v) is 4.88. The Balaban J connectivity index is 1.86. The number of hydrogen-bond donors (Lipinski definition) is 0. The molecule has 0 bridgehead atoms. The van der Waals surface area contributed by atoms with Crippen molar-refractivity contribution in [2.75, 3.05) is 0 Å². The molecule has 0 aliphatic rings. The Morgan fingerprint density at radius 2 is 1.65 bits per heavy atom. The van der Waals surface area contributed by atoms with Crippen LogP contribution in [-0.4, -0.2) is 13.1 Å². The molecule has 0 amide bonds. The summed E-state index contributed by atoms with van der Waals surface area (Å²) in [5.74, 6) is 0. The van der Waals surface area contributed by atoms with Crippen LogP contribution in [0.5, 0.6) is 0 Å². The van der Waals surface area contributed by atoms with Crippen molar-refractivity contribution in [2.45, 2.75) is 33.3 Å². The topological polar surface area (TPSA) is 26.0 Å². The van der Waals surface area contributed by atoms with Crippen LogP contribution in [0.4, 0.5) is 0 Å². The first-order chi connectivity index (χ1) is 18.1. The molecule has 2 heterocycles. The molecule has 5 rings (SSSR count). The number of pyridine rings is 1. The quantitative estimate of drug-likeness (QED) is 0.278. The van der Waals surface area contributed by atoms with Gasteiger partial charge in [0.1, 0.15) is 11.2 Å². The summed E-state index contributed by atoms with van der Waals surface area (Å²) in [5.41, 5.74) is 1.89. The molecule has 3 heteroatoms. The minimum absolute atomic E-state index is 0.118. The second-order valence-electron chi connectivity index (χ2n) is 8.71. The van der Waals surface area contributed by atoms with Crippen LogP contribution in [0, 0.1) is 13.7 Å². The molecule has 0 aliphatic heterocycles. The van der Waals surface area contributed by atoms with Crippen molar-refractivity contribution < 1.29 is 15.4 Å². The fraction of sp³-hybridized carbons (Fsp3) is 0.179. The van der Waals surface area contributed by atoms with E-state index in [9.17, 15) is 0 Å². The van der Waals surface area contributed by atoms with Crippen molar-refractivity contribution in [1.29, 1.82) is 0 Å². The van der Waals surface area contributed by atoms with Gasteiger partial charge < -0.3 is 4.42 Å². The van der Waals surface area contributed by atoms with E-state index in [2.05, 4.69) is 4.98 Å². The highest BCUT2D eigenvalue weighted by atomic mass is 28.3. The van der Waals surface area contributed by atoms with E-state index >= 15 is 0 Å². The van der Waals surface area contributed by atoms with Gasteiger partial charge in [0.15, 0.2) is 0 Å². The van der Waals surface area contributed by atoms with E-state index < -0.39 is 21.8 Å². The molecule has 31 heavy (non-hydrogen) atoms. The first kappa shape index (κ1) is 12.6. The highest BCUT2D eigenvalue weighted by molar-refractivity contribution is 6.88. The smallest absolute Gasteiger partial charge is 0.144 e. The summed E-state index contributed by atoms with van der Waals surface area (Å²) in [6.07, 6.45) is 1.48. The number of hydrogen-bond acceptors (Lipinski definition) is 2. The van der Waals surface area contributed by atoms with E-state index in [1.165, 1.54) is 12.3 Å². The largest absolute Gasteiger partial charge is 0.455 e. The molecule has 0 saturated carbocycles. The SMILES string of the molecule is [2H]c1c(C([2H])([2H])[2H])c(-c2ccnc(-c3cccc4c3oc3ccccc34)c2)c(C([2H])([2H])[2H])c([2H])c1[Si](C)(C)C. The predicted molar refractivity (Wildman–Crippen MR) is 135 cm³/mol. The third-order valence-corrected chi connectivity index (χ3v) is 7.23. The molecule has 154 valence electrons. The van der Waals surface area contributed by atoms with Crippen LogP contribution >= 0.6 is 0 Å². The van der Waals surface area contributed by atoms with Gasteiger partial charge in [-0.2, -0.15) is 0 Å². The first-order valence-electron chi connectivity index (χ1n) is 14.2. The number of aromatic nitrogens is 1. The Morgan fingerprint density at radius 1 is 0.903 bits per heavy atom. The Labute approximate surface area is 195 Å². The second-order valence-corrected chi connectivity index (χ2v) is 13.7. The van der Waals surface area contributed by atoms with Gasteiger partial charge >= 0.3 is 0 Å². The van der Waals surface area contributed by atoms with Crippen LogP contribution in [-0.2, 0) is 0 Å². The molecule has 0 N–H and O–H groups in total. The lowest BCUT2D eigenvalue weighted by atomic mass is 9.95. The normalized spacial score (nSPS) is 16.6. The summed E-state index contributed by atoms with van der Waals surface area (Å²) >= 11 is 0. The summed E-state index contributed by atoms with van der Waals surface area (Å²) in [6, 6.07) is 15.9. The van der Waals surface area contributed by atoms with Crippen molar-refractivity contribution in [3.63, 3.8) is 0 Å². The summed E-state index contributed by atoms with van der Waals surface area (Å²) in [6.45, 7) is 0.0725. The molecule has 0 saturated heterocycles. The molecule has 0 fully saturated rings. The van der Waals surface area contributed by atoms with E-state index in [0.717, 1.165) is 10.8 Å².